The highest BCUT2D eigenvalue weighted by Gasteiger charge is 2.18. The molecule has 8 heteroatoms. The van der Waals surface area contributed by atoms with Crippen molar-refractivity contribution in [2.45, 2.75) is 13.0 Å². The van der Waals surface area contributed by atoms with Crippen molar-refractivity contribution in [2.24, 2.45) is 0 Å². The van der Waals surface area contributed by atoms with Crippen molar-refractivity contribution in [1.29, 1.82) is 0 Å². The van der Waals surface area contributed by atoms with E-state index in [4.69, 9.17) is 0 Å². The molecule has 8 nitrogen and oxygen atoms in total. The molecule has 1 aromatic carbocycles. The summed E-state index contributed by atoms with van der Waals surface area (Å²) in [5.41, 5.74) is 3.40. The first-order valence-electron chi connectivity index (χ1n) is 9.19. The van der Waals surface area contributed by atoms with Crippen LogP contribution in [0.15, 0.2) is 72.2 Å². The standard InChI is InChI=1S/C21H17N7O/c1-13(27-20-18-19(24-11-23-18)25-12-26-20)17-10-16-15(8-5-9-22-16)21(29)28(17)14-6-3-2-4-7-14/h2-13H,1H3,(H2,23,24,25,26,27)/t13-/m0/s1. The van der Waals surface area contributed by atoms with Gasteiger partial charge in [-0.15, -0.1) is 0 Å². The van der Waals surface area contributed by atoms with Gasteiger partial charge in [-0.05, 0) is 37.3 Å². The van der Waals surface area contributed by atoms with Crippen LogP contribution in [0.2, 0.25) is 0 Å². The van der Waals surface area contributed by atoms with Crippen LogP contribution < -0.4 is 10.9 Å². The molecule has 2 N–H and O–H groups in total. The number of aromatic nitrogens is 6. The third-order valence-electron chi connectivity index (χ3n) is 4.84. The van der Waals surface area contributed by atoms with Crippen molar-refractivity contribution in [3.63, 3.8) is 0 Å². The number of aromatic amines is 1. The van der Waals surface area contributed by atoms with Gasteiger partial charge in [0.2, 0.25) is 0 Å². The van der Waals surface area contributed by atoms with E-state index >= 15 is 0 Å². The summed E-state index contributed by atoms with van der Waals surface area (Å²) in [7, 11) is 0. The first kappa shape index (κ1) is 17.1. The van der Waals surface area contributed by atoms with E-state index in [-0.39, 0.29) is 11.6 Å². The Morgan fingerprint density at radius 2 is 1.90 bits per heavy atom. The first-order chi connectivity index (χ1) is 14.2. The Morgan fingerprint density at radius 3 is 2.76 bits per heavy atom. The second-order valence-electron chi connectivity index (χ2n) is 6.67. The fourth-order valence-corrected chi connectivity index (χ4v) is 3.47. The highest BCUT2D eigenvalue weighted by molar-refractivity contribution is 5.82. The Bertz CT molecular complexity index is 1370. The van der Waals surface area contributed by atoms with Crippen LogP contribution in [0.25, 0.3) is 27.8 Å². The molecular formula is C21H17N7O. The molecule has 4 aromatic heterocycles. The highest BCUT2D eigenvalue weighted by Crippen LogP contribution is 2.24. The van der Waals surface area contributed by atoms with Crippen molar-refractivity contribution in [3.05, 3.63) is 83.4 Å². The number of fused-ring (bicyclic) bond motifs is 2. The number of benzene rings is 1. The summed E-state index contributed by atoms with van der Waals surface area (Å²) in [4.78, 5) is 33.5. The molecule has 29 heavy (non-hydrogen) atoms. The van der Waals surface area contributed by atoms with Gasteiger partial charge in [0.25, 0.3) is 5.56 Å². The van der Waals surface area contributed by atoms with E-state index in [9.17, 15) is 4.79 Å². The Labute approximate surface area is 165 Å². The highest BCUT2D eigenvalue weighted by atomic mass is 16.1. The predicted octanol–water partition coefficient (Wildman–Crippen LogP) is 3.23. The fourth-order valence-electron chi connectivity index (χ4n) is 3.47. The van der Waals surface area contributed by atoms with Crippen LogP contribution in [-0.4, -0.2) is 29.5 Å². The number of H-pyrrole nitrogens is 1. The lowest BCUT2D eigenvalue weighted by Gasteiger charge is -2.21. The molecule has 0 radical (unpaired) electrons. The molecule has 0 aliphatic carbocycles. The number of imidazole rings is 1. The van der Waals surface area contributed by atoms with Gasteiger partial charge < -0.3 is 10.3 Å². The van der Waals surface area contributed by atoms with Crippen LogP contribution in [-0.2, 0) is 0 Å². The molecule has 5 rings (SSSR count). The summed E-state index contributed by atoms with van der Waals surface area (Å²) >= 11 is 0. The monoisotopic (exact) mass is 383 g/mol. The average molecular weight is 383 g/mol. The van der Waals surface area contributed by atoms with Gasteiger partial charge in [0, 0.05) is 11.9 Å². The summed E-state index contributed by atoms with van der Waals surface area (Å²) in [6, 6.07) is 14.8. The summed E-state index contributed by atoms with van der Waals surface area (Å²) in [6.45, 7) is 1.98. The smallest absolute Gasteiger partial charge is 0.264 e. The molecule has 0 aliphatic heterocycles. The molecule has 0 spiro atoms. The van der Waals surface area contributed by atoms with Crippen molar-refractivity contribution < 1.29 is 0 Å². The minimum absolute atomic E-state index is 0.113. The largest absolute Gasteiger partial charge is 0.360 e. The quantitative estimate of drug-likeness (QED) is 0.494. The van der Waals surface area contributed by atoms with Gasteiger partial charge in [-0.2, -0.15) is 0 Å². The van der Waals surface area contributed by atoms with E-state index in [0.29, 0.717) is 27.9 Å². The summed E-state index contributed by atoms with van der Waals surface area (Å²) in [6.07, 6.45) is 4.74. The van der Waals surface area contributed by atoms with Gasteiger partial charge in [-0.25, -0.2) is 15.0 Å². The number of hydrogen-bond acceptors (Lipinski definition) is 6. The number of rotatable bonds is 4. The van der Waals surface area contributed by atoms with Gasteiger partial charge >= 0.3 is 0 Å². The molecule has 0 fully saturated rings. The van der Waals surface area contributed by atoms with Gasteiger partial charge in [0.1, 0.15) is 11.8 Å². The molecule has 0 amide bonds. The molecule has 0 unspecified atom stereocenters. The lowest BCUT2D eigenvalue weighted by Crippen LogP contribution is -2.25. The van der Waals surface area contributed by atoms with Crippen LogP contribution >= 0.6 is 0 Å². The number of pyridine rings is 2. The van der Waals surface area contributed by atoms with E-state index in [2.05, 4.69) is 30.2 Å². The summed E-state index contributed by atoms with van der Waals surface area (Å²) in [5, 5.41) is 3.94. The third kappa shape index (κ3) is 2.91. The van der Waals surface area contributed by atoms with E-state index < -0.39 is 0 Å². The van der Waals surface area contributed by atoms with Gasteiger partial charge in [0.05, 0.1) is 29.0 Å². The van der Waals surface area contributed by atoms with E-state index in [0.717, 1.165) is 11.4 Å². The SMILES string of the molecule is C[C@H](Nc1ncnc2[nH]cnc12)c1cc2ncccc2c(=O)n1-c1ccccc1. The maximum atomic E-state index is 13.3. The second kappa shape index (κ2) is 6.83. The van der Waals surface area contributed by atoms with Gasteiger partial charge in [0.15, 0.2) is 11.5 Å². The molecule has 0 bridgehead atoms. The molecule has 0 saturated carbocycles. The van der Waals surface area contributed by atoms with Crippen LogP contribution in [0.4, 0.5) is 5.82 Å². The molecular weight excluding hydrogens is 366 g/mol. The fraction of sp³-hybridized carbons (Fsp3) is 0.0952. The van der Waals surface area contributed by atoms with Crippen molar-refractivity contribution in [1.82, 2.24) is 29.5 Å². The van der Waals surface area contributed by atoms with Crippen LogP contribution in [0.3, 0.4) is 0 Å². The number of nitrogens with zero attached hydrogens (tertiary/aromatic N) is 5. The molecule has 0 saturated heterocycles. The zero-order valence-corrected chi connectivity index (χ0v) is 15.6. The van der Waals surface area contributed by atoms with Gasteiger partial charge in [-0.1, -0.05) is 18.2 Å². The molecule has 1 atom stereocenters. The lowest BCUT2D eigenvalue weighted by molar-refractivity contribution is 0.773. The predicted molar refractivity (Wildman–Crippen MR) is 111 cm³/mol. The van der Waals surface area contributed by atoms with E-state index in [1.165, 1.54) is 6.33 Å². The summed E-state index contributed by atoms with van der Waals surface area (Å²) < 4.78 is 1.71. The minimum Gasteiger partial charge on any atom is -0.360 e. The normalized spacial score (nSPS) is 12.3. The Morgan fingerprint density at radius 1 is 1.03 bits per heavy atom. The van der Waals surface area contributed by atoms with Crippen LogP contribution in [0.5, 0.6) is 0 Å². The molecule has 4 heterocycles. The molecule has 142 valence electrons. The third-order valence-corrected chi connectivity index (χ3v) is 4.84. The van der Waals surface area contributed by atoms with Crippen LogP contribution in [0.1, 0.15) is 18.7 Å². The minimum atomic E-state index is -0.246. The van der Waals surface area contributed by atoms with Gasteiger partial charge in [-0.3, -0.25) is 14.3 Å². The molecule has 0 aliphatic rings. The average Bonchev–Trinajstić information content (AvgIpc) is 3.24. The van der Waals surface area contributed by atoms with Crippen molar-refractivity contribution in [3.8, 4) is 5.69 Å². The number of para-hydroxylation sites is 1. The Kier molecular flexibility index (Phi) is 4.02. The van der Waals surface area contributed by atoms with Crippen molar-refractivity contribution in [2.75, 3.05) is 5.32 Å². The second-order valence-corrected chi connectivity index (χ2v) is 6.67. The van der Waals surface area contributed by atoms with Crippen LogP contribution in [0, 0.1) is 0 Å². The number of nitrogens with one attached hydrogen (secondary N) is 2. The topological polar surface area (TPSA) is 101 Å². The maximum absolute atomic E-state index is 13.3. The number of hydrogen-bond donors (Lipinski definition) is 2. The first-order valence-corrected chi connectivity index (χ1v) is 9.19. The molecule has 5 aromatic rings. The van der Waals surface area contributed by atoms with Crippen molar-refractivity contribution >= 4 is 27.9 Å². The maximum Gasteiger partial charge on any atom is 0.264 e. The lowest BCUT2D eigenvalue weighted by atomic mass is 10.1. The van der Waals surface area contributed by atoms with E-state index in [1.54, 1.807) is 29.2 Å². The Balaban J connectivity index is 1.69. The number of anilines is 1. The zero-order valence-electron chi connectivity index (χ0n) is 15.6. The van der Waals surface area contributed by atoms with E-state index in [1.807, 2.05) is 43.3 Å². The Hall–Kier alpha value is -4.07. The zero-order chi connectivity index (χ0) is 19.8. The summed E-state index contributed by atoms with van der Waals surface area (Å²) in [5.74, 6) is 0.594.